The number of carbonyl (C=O) groups excluding carboxylic acids is 1. The van der Waals surface area contributed by atoms with Crippen LogP contribution in [0.1, 0.15) is 50.3 Å². The van der Waals surface area contributed by atoms with E-state index in [0.29, 0.717) is 32.4 Å². The third-order valence-corrected chi connectivity index (χ3v) is 4.94. The van der Waals surface area contributed by atoms with Crippen LogP contribution in [0, 0.1) is 19.3 Å². The Labute approximate surface area is 150 Å². The molecule has 1 aliphatic heterocycles. The molecule has 0 radical (unpaired) electrons. The molecule has 0 aliphatic carbocycles. The monoisotopic (exact) mass is 347 g/mol. The molecule has 0 saturated carbocycles. The van der Waals surface area contributed by atoms with Crippen LogP contribution in [-0.4, -0.2) is 40.8 Å². The first-order valence-corrected chi connectivity index (χ1v) is 8.80. The Morgan fingerprint density at radius 1 is 1.16 bits per heavy atom. The highest BCUT2D eigenvalue weighted by Gasteiger charge is 2.43. The molecular formula is C20H29NO4. The molecule has 25 heavy (non-hydrogen) atoms. The van der Waals surface area contributed by atoms with Crippen LogP contribution in [0.15, 0.2) is 18.2 Å². The van der Waals surface area contributed by atoms with Crippen molar-refractivity contribution in [3.05, 3.63) is 34.9 Å². The van der Waals surface area contributed by atoms with Crippen molar-refractivity contribution >= 4 is 12.1 Å². The van der Waals surface area contributed by atoms with Gasteiger partial charge in [-0.25, -0.2) is 4.79 Å². The van der Waals surface area contributed by atoms with Gasteiger partial charge in [-0.05, 0) is 70.6 Å². The first kappa shape index (κ1) is 19.3. The number of carbonyl (C=O) groups is 2. The van der Waals surface area contributed by atoms with Crippen molar-refractivity contribution in [2.75, 3.05) is 13.1 Å². The van der Waals surface area contributed by atoms with Crippen molar-refractivity contribution < 1.29 is 19.4 Å². The minimum absolute atomic E-state index is 0.363. The number of rotatable bonds is 3. The predicted octanol–water partition coefficient (Wildman–Crippen LogP) is 3.95. The zero-order valence-electron chi connectivity index (χ0n) is 15.9. The van der Waals surface area contributed by atoms with E-state index >= 15 is 0 Å². The summed E-state index contributed by atoms with van der Waals surface area (Å²) in [5, 5.41) is 9.85. The van der Waals surface area contributed by atoms with Crippen molar-refractivity contribution in [1.29, 1.82) is 0 Å². The van der Waals surface area contributed by atoms with Gasteiger partial charge in [0.05, 0.1) is 5.41 Å². The summed E-state index contributed by atoms with van der Waals surface area (Å²) in [5.41, 5.74) is 2.05. The molecule has 0 unspecified atom stereocenters. The van der Waals surface area contributed by atoms with Crippen LogP contribution in [0.5, 0.6) is 0 Å². The molecule has 2 rings (SSSR count). The fraction of sp³-hybridized carbons (Fsp3) is 0.600. The van der Waals surface area contributed by atoms with E-state index in [2.05, 4.69) is 6.07 Å². The second-order valence-electron chi connectivity index (χ2n) is 8.15. The van der Waals surface area contributed by atoms with Gasteiger partial charge in [0.25, 0.3) is 0 Å². The van der Waals surface area contributed by atoms with E-state index in [1.807, 2.05) is 46.8 Å². The summed E-state index contributed by atoms with van der Waals surface area (Å²) < 4.78 is 5.39. The lowest BCUT2D eigenvalue weighted by atomic mass is 9.73. The summed E-state index contributed by atoms with van der Waals surface area (Å²) in [6, 6.07) is 6.11. The molecule has 1 aromatic carbocycles. The van der Waals surface area contributed by atoms with Gasteiger partial charge >= 0.3 is 12.1 Å². The van der Waals surface area contributed by atoms with Crippen molar-refractivity contribution in [3.8, 4) is 0 Å². The Kier molecular flexibility index (Phi) is 5.45. The number of carboxylic acids is 1. The van der Waals surface area contributed by atoms with Crippen LogP contribution in [-0.2, 0) is 16.0 Å². The zero-order chi connectivity index (χ0) is 18.8. The molecule has 0 aromatic heterocycles. The maximum absolute atomic E-state index is 12.2. The summed E-state index contributed by atoms with van der Waals surface area (Å²) in [6.07, 6.45) is 1.01. The molecule has 0 spiro atoms. The molecule has 5 heteroatoms. The number of likely N-dealkylation sites (tertiary alicyclic amines) is 1. The van der Waals surface area contributed by atoms with Gasteiger partial charge in [-0.1, -0.05) is 18.2 Å². The lowest BCUT2D eigenvalue weighted by Gasteiger charge is -2.39. The van der Waals surface area contributed by atoms with Gasteiger partial charge in [-0.3, -0.25) is 4.79 Å². The minimum atomic E-state index is -0.819. The van der Waals surface area contributed by atoms with E-state index in [0.717, 1.165) is 5.56 Å². The molecule has 5 nitrogen and oxygen atoms in total. The number of nitrogens with zero attached hydrogens (tertiary/aromatic N) is 1. The molecule has 1 N–H and O–H groups in total. The molecular weight excluding hydrogens is 318 g/mol. The van der Waals surface area contributed by atoms with Crippen molar-refractivity contribution in [3.63, 3.8) is 0 Å². The van der Waals surface area contributed by atoms with E-state index in [9.17, 15) is 14.7 Å². The highest BCUT2D eigenvalue weighted by atomic mass is 16.6. The number of hydrogen-bond acceptors (Lipinski definition) is 3. The maximum Gasteiger partial charge on any atom is 0.410 e. The third-order valence-electron chi connectivity index (χ3n) is 4.94. The number of aliphatic carboxylic acids is 1. The first-order chi connectivity index (χ1) is 11.5. The van der Waals surface area contributed by atoms with Gasteiger partial charge in [-0.15, -0.1) is 0 Å². The van der Waals surface area contributed by atoms with Crippen molar-refractivity contribution in [2.45, 2.75) is 59.5 Å². The molecule has 1 heterocycles. The second kappa shape index (κ2) is 7.06. The Balaban J connectivity index is 2.09. The third kappa shape index (κ3) is 4.74. The smallest absolute Gasteiger partial charge is 0.410 e. The van der Waals surface area contributed by atoms with Gasteiger partial charge < -0.3 is 14.7 Å². The fourth-order valence-electron chi connectivity index (χ4n) is 3.21. The van der Waals surface area contributed by atoms with E-state index in [4.69, 9.17) is 4.74 Å². The fourth-order valence-corrected chi connectivity index (χ4v) is 3.21. The van der Waals surface area contributed by atoms with Crippen molar-refractivity contribution in [2.24, 2.45) is 5.41 Å². The molecule has 1 amide bonds. The standard InChI is InChI=1S/C20H29NO4/c1-14-6-7-16(12-15(14)2)13-20(17(22)23)8-10-21(11-9-20)18(24)25-19(3,4)5/h6-7,12H,8-11,13H2,1-5H3,(H,22,23). The number of hydrogen-bond donors (Lipinski definition) is 1. The van der Waals surface area contributed by atoms with E-state index in [-0.39, 0.29) is 6.09 Å². The number of benzene rings is 1. The Morgan fingerprint density at radius 3 is 2.24 bits per heavy atom. The van der Waals surface area contributed by atoms with Crippen LogP contribution in [0.4, 0.5) is 4.79 Å². The average Bonchev–Trinajstić information content (AvgIpc) is 2.50. The molecule has 0 bridgehead atoms. The number of piperidine rings is 1. The van der Waals surface area contributed by atoms with Crippen LogP contribution in [0.3, 0.4) is 0 Å². The maximum atomic E-state index is 12.2. The average molecular weight is 347 g/mol. The highest BCUT2D eigenvalue weighted by Crippen LogP contribution is 2.36. The lowest BCUT2D eigenvalue weighted by Crippen LogP contribution is -2.48. The van der Waals surface area contributed by atoms with Gasteiger partial charge in [0.1, 0.15) is 5.60 Å². The summed E-state index contributed by atoms with van der Waals surface area (Å²) >= 11 is 0. The minimum Gasteiger partial charge on any atom is -0.481 e. The predicted molar refractivity (Wildman–Crippen MR) is 96.7 cm³/mol. The molecule has 1 fully saturated rings. The quantitative estimate of drug-likeness (QED) is 0.899. The van der Waals surface area contributed by atoms with Crippen LogP contribution < -0.4 is 0 Å². The zero-order valence-corrected chi connectivity index (χ0v) is 15.9. The van der Waals surface area contributed by atoms with Gasteiger partial charge in [0, 0.05) is 13.1 Å². The normalized spacial score (nSPS) is 17.2. The van der Waals surface area contributed by atoms with E-state index in [1.54, 1.807) is 4.90 Å². The number of carboxylic acid groups (broad SMARTS) is 1. The van der Waals surface area contributed by atoms with Gasteiger partial charge in [-0.2, -0.15) is 0 Å². The molecule has 1 aromatic rings. The molecule has 1 aliphatic rings. The van der Waals surface area contributed by atoms with Crippen molar-refractivity contribution in [1.82, 2.24) is 4.90 Å². The summed E-state index contributed by atoms with van der Waals surface area (Å²) in [6.45, 7) is 10.4. The SMILES string of the molecule is Cc1ccc(CC2(C(=O)O)CCN(C(=O)OC(C)(C)C)CC2)cc1C. The molecule has 1 saturated heterocycles. The van der Waals surface area contributed by atoms with Crippen LogP contribution in [0.2, 0.25) is 0 Å². The van der Waals surface area contributed by atoms with Crippen LogP contribution in [0.25, 0.3) is 0 Å². The van der Waals surface area contributed by atoms with E-state index in [1.165, 1.54) is 11.1 Å². The summed E-state index contributed by atoms with van der Waals surface area (Å²) in [5.74, 6) is -0.783. The largest absolute Gasteiger partial charge is 0.481 e. The summed E-state index contributed by atoms with van der Waals surface area (Å²) in [7, 11) is 0. The Hall–Kier alpha value is -2.04. The van der Waals surface area contributed by atoms with Gasteiger partial charge in [0.15, 0.2) is 0 Å². The molecule has 0 atom stereocenters. The first-order valence-electron chi connectivity index (χ1n) is 8.80. The van der Waals surface area contributed by atoms with E-state index < -0.39 is 17.0 Å². The number of ether oxygens (including phenoxy) is 1. The highest BCUT2D eigenvalue weighted by molar-refractivity contribution is 5.76. The number of amides is 1. The van der Waals surface area contributed by atoms with Gasteiger partial charge in [0.2, 0.25) is 0 Å². The number of aryl methyl sites for hydroxylation is 2. The lowest BCUT2D eigenvalue weighted by molar-refractivity contribution is -0.152. The summed E-state index contributed by atoms with van der Waals surface area (Å²) in [4.78, 5) is 25.8. The molecule has 138 valence electrons. The topological polar surface area (TPSA) is 66.8 Å². The Morgan fingerprint density at radius 2 is 1.76 bits per heavy atom. The second-order valence-corrected chi connectivity index (χ2v) is 8.15. The Bertz CT molecular complexity index is 652. The van der Waals surface area contributed by atoms with Crippen LogP contribution >= 0.6 is 0 Å².